The molecule has 126 valence electrons. The Labute approximate surface area is 135 Å². The number of aromatic nitrogens is 1. The lowest BCUT2D eigenvalue weighted by Gasteiger charge is -2.30. The zero-order chi connectivity index (χ0) is 17.2. The summed E-state index contributed by atoms with van der Waals surface area (Å²) in [5, 5.41) is 3.89. The molecule has 0 fully saturated rings. The molecular formula is C15H13F3N4O2. The molecule has 1 aromatic heterocycles. The maximum atomic E-state index is 12.3. The second-order valence-corrected chi connectivity index (χ2v) is 5.08. The van der Waals surface area contributed by atoms with Crippen LogP contribution >= 0.6 is 0 Å². The van der Waals surface area contributed by atoms with E-state index in [4.69, 9.17) is 0 Å². The van der Waals surface area contributed by atoms with Crippen molar-refractivity contribution in [1.82, 2.24) is 15.4 Å². The van der Waals surface area contributed by atoms with Gasteiger partial charge in [-0.25, -0.2) is 10.2 Å². The molecule has 0 atom stereocenters. The molecule has 1 aliphatic heterocycles. The maximum Gasteiger partial charge on any atom is 0.573 e. The molecule has 0 aliphatic carbocycles. The molecule has 0 spiro atoms. The van der Waals surface area contributed by atoms with Gasteiger partial charge in [-0.05, 0) is 29.8 Å². The molecule has 6 nitrogen and oxygen atoms in total. The Kier molecular flexibility index (Phi) is 4.26. The molecule has 0 saturated carbocycles. The number of hydrogen-bond acceptors (Lipinski definition) is 4. The van der Waals surface area contributed by atoms with Crippen molar-refractivity contribution in [2.45, 2.75) is 19.5 Å². The van der Waals surface area contributed by atoms with E-state index in [1.165, 1.54) is 17.1 Å². The number of amides is 2. The van der Waals surface area contributed by atoms with Gasteiger partial charge in [0.15, 0.2) is 0 Å². The average Bonchev–Trinajstić information content (AvgIpc) is 2.53. The Morgan fingerprint density at radius 2 is 2.17 bits per heavy atom. The van der Waals surface area contributed by atoms with Crippen molar-refractivity contribution >= 4 is 11.7 Å². The van der Waals surface area contributed by atoms with Crippen molar-refractivity contribution in [3.8, 4) is 5.75 Å². The molecule has 24 heavy (non-hydrogen) atoms. The summed E-state index contributed by atoms with van der Waals surface area (Å²) in [6.45, 7) is 0.464. The number of benzene rings is 1. The number of nitrogens with zero attached hydrogens (tertiary/aromatic N) is 2. The molecule has 2 heterocycles. The topological polar surface area (TPSA) is 66.5 Å². The Morgan fingerprint density at radius 1 is 1.33 bits per heavy atom. The van der Waals surface area contributed by atoms with Gasteiger partial charge < -0.3 is 10.1 Å². The molecule has 9 heteroatoms. The minimum Gasteiger partial charge on any atom is -0.406 e. The van der Waals surface area contributed by atoms with Crippen LogP contribution in [0.1, 0.15) is 11.1 Å². The quantitative estimate of drug-likeness (QED) is 0.899. The highest BCUT2D eigenvalue weighted by Crippen LogP contribution is 2.30. The van der Waals surface area contributed by atoms with Crippen LogP contribution in [0.5, 0.6) is 5.75 Å². The highest BCUT2D eigenvalue weighted by atomic mass is 19.4. The van der Waals surface area contributed by atoms with Gasteiger partial charge >= 0.3 is 12.4 Å². The molecule has 2 aromatic rings. The van der Waals surface area contributed by atoms with Crippen LogP contribution in [0.3, 0.4) is 0 Å². The smallest absolute Gasteiger partial charge is 0.406 e. The lowest BCUT2D eigenvalue weighted by atomic mass is 10.1. The van der Waals surface area contributed by atoms with Crippen molar-refractivity contribution in [3.05, 3.63) is 53.9 Å². The van der Waals surface area contributed by atoms with Crippen LogP contribution in [0.25, 0.3) is 0 Å². The third kappa shape index (κ3) is 3.93. The highest BCUT2D eigenvalue weighted by molar-refractivity contribution is 5.92. The van der Waals surface area contributed by atoms with Crippen molar-refractivity contribution in [2.24, 2.45) is 0 Å². The Hall–Kier alpha value is -2.81. The van der Waals surface area contributed by atoms with Crippen molar-refractivity contribution in [3.63, 3.8) is 0 Å². The summed E-state index contributed by atoms with van der Waals surface area (Å²) < 4.78 is 40.8. The summed E-state index contributed by atoms with van der Waals surface area (Å²) in [5.74, 6) is -0.329. The lowest BCUT2D eigenvalue weighted by molar-refractivity contribution is -0.274. The number of pyridine rings is 1. The van der Waals surface area contributed by atoms with Gasteiger partial charge in [-0.15, -0.1) is 13.2 Å². The van der Waals surface area contributed by atoms with Gasteiger partial charge in [-0.1, -0.05) is 6.07 Å². The summed E-state index contributed by atoms with van der Waals surface area (Å²) >= 11 is 0. The van der Waals surface area contributed by atoms with Crippen LogP contribution in [0.4, 0.5) is 23.7 Å². The molecule has 0 saturated heterocycles. The number of nitrogens with one attached hydrogen (secondary N) is 2. The zero-order valence-electron chi connectivity index (χ0n) is 12.3. The van der Waals surface area contributed by atoms with E-state index in [1.54, 1.807) is 18.5 Å². The van der Waals surface area contributed by atoms with Gasteiger partial charge in [0.25, 0.3) is 0 Å². The summed E-state index contributed by atoms with van der Waals surface area (Å²) in [4.78, 5) is 16.0. The fraction of sp³-hybridized carbons (Fsp3) is 0.200. The zero-order valence-corrected chi connectivity index (χ0v) is 12.3. The SMILES string of the molecule is O=C1Nc2ccc(OC(F)(F)F)cc2CN1NCc1cccnc1. The van der Waals surface area contributed by atoms with E-state index in [0.29, 0.717) is 17.8 Å². The first-order chi connectivity index (χ1) is 11.4. The first-order valence-electron chi connectivity index (χ1n) is 7.00. The molecule has 1 aromatic carbocycles. The van der Waals surface area contributed by atoms with E-state index in [-0.39, 0.29) is 12.3 Å². The first kappa shape index (κ1) is 16.1. The number of hydrazine groups is 1. The number of anilines is 1. The standard InChI is InChI=1S/C15H13F3N4O2/c16-15(17,18)24-12-3-4-13-11(6-12)9-22(14(23)21-13)20-8-10-2-1-5-19-7-10/h1-7,20H,8-9H2,(H,21,23). The molecule has 2 amide bonds. The number of urea groups is 1. The van der Waals surface area contributed by atoms with Crippen LogP contribution < -0.4 is 15.5 Å². The van der Waals surface area contributed by atoms with Crippen LogP contribution in [0.15, 0.2) is 42.7 Å². The summed E-state index contributed by atoms with van der Waals surface area (Å²) in [5.41, 5.74) is 4.74. The maximum absolute atomic E-state index is 12.3. The number of alkyl halides is 3. The number of carbonyl (C=O) groups excluding carboxylic acids is 1. The van der Waals surface area contributed by atoms with Gasteiger partial charge in [-0.3, -0.25) is 9.99 Å². The number of ether oxygens (including phenoxy) is 1. The Bertz CT molecular complexity index is 737. The molecular weight excluding hydrogens is 325 g/mol. The average molecular weight is 338 g/mol. The highest BCUT2D eigenvalue weighted by Gasteiger charge is 2.32. The van der Waals surface area contributed by atoms with Crippen LogP contribution in [0.2, 0.25) is 0 Å². The number of fused-ring (bicyclic) bond motifs is 1. The van der Waals surface area contributed by atoms with E-state index >= 15 is 0 Å². The number of carbonyl (C=O) groups is 1. The predicted molar refractivity (Wildman–Crippen MR) is 78.8 cm³/mol. The molecule has 3 rings (SSSR count). The van der Waals surface area contributed by atoms with E-state index in [1.807, 2.05) is 6.07 Å². The van der Waals surface area contributed by atoms with Gasteiger partial charge in [0.05, 0.1) is 6.54 Å². The van der Waals surface area contributed by atoms with E-state index in [2.05, 4.69) is 20.5 Å². The lowest BCUT2D eigenvalue weighted by Crippen LogP contribution is -2.47. The van der Waals surface area contributed by atoms with E-state index < -0.39 is 12.4 Å². The molecule has 0 radical (unpaired) electrons. The number of hydrogen-bond donors (Lipinski definition) is 2. The minimum atomic E-state index is -4.76. The third-order valence-electron chi connectivity index (χ3n) is 3.32. The third-order valence-corrected chi connectivity index (χ3v) is 3.32. The fourth-order valence-electron chi connectivity index (χ4n) is 2.26. The van der Waals surface area contributed by atoms with Crippen LogP contribution in [-0.2, 0) is 13.1 Å². The fourth-order valence-corrected chi connectivity index (χ4v) is 2.26. The monoisotopic (exact) mass is 338 g/mol. The predicted octanol–water partition coefficient (Wildman–Crippen LogP) is 3.03. The molecule has 0 bridgehead atoms. The summed E-state index contributed by atoms with van der Waals surface area (Å²) in [7, 11) is 0. The Morgan fingerprint density at radius 3 is 2.88 bits per heavy atom. The van der Waals surface area contributed by atoms with Crippen LogP contribution in [0, 0.1) is 0 Å². The number of rotatable bonds is 4. The largest absolute Gasteiger partial charge is 0.573 e. The molecule has 1 aliphatic rings. The van der Waals surface area contributed by atoms with Crippen molar-refractivity contribution in [1.29, 1.82) is 0 Å². The van der Waals surface area contributed by atoms with Gasteiger partial charge in [-0.2, -0.15) is 0 Å². The van der Waals surface area contributed by atoms with E-state index in [9.17, 15) is 18.0 Å². The van der Waals surface area contributed by atoms with Gasteiger partial charge in [0.2, 0.25) is 0 Å². The van der Waals surface area contributed by atoms with Gasteiger partial charge in [0.1, 0.15) is 5.75 Å². The first-order valence-corrected chi connectivity index (χ1v) is 7.00. The summed E-state index contributed by atoms with van der Waals surface area (Å²) in [6.07, 6.45) is -1.47. The second kappa shape index (κ2) is 6.36. The Balaban J connectivity index is 1.70. The van der Waals surface area contributed by atoms with Crippen molar-refractivity contribution in [2.75, 3.05) is 5.32 Å². The minimum absolute atomic E-state index is 0.108. The molecule has 2 N–H and O–H groups in total. The number of halogens is 3. The van der Waals surface area contributed by atoms with Crippen molar-refractivity contribution < 1.29 is 22.7 Å². The van der Waals surface area contributed by atoms with Crippen LogP contribution in [-0.4, -0.2) is 22.4 Å². The summed E-state index contributed by atoms with van der Waals surface area (Å²) in [6, 6.07) is 7.00. The van der Waals surface area contributed by atoms with E-state index in [0.717, 1.165) is 11.6 Å². The van der Waals surface area contributed by atoms with Gasteiger partial charge in [0, 0.05) is 30.2 Å². The second-order valence-electron chi connectivity index (χ2n) is 5.08. The molecule has 0 unspecified atom stereocenters. The normalized spacial score (nSPS) is 14.1.